The molecule has 98 valence electrons. The fourth-order valence-corrected chi connectivity index (χ4v) is 3.20. The first-order valence-corrected chi connectivity index (χ1v) is 7.40. The highest BCUT2D eigenvalue weighted by Gasteiger charge is 2.28. The van der Waals surface area contributed by atoms with Crippen LogP contribution in [0, 0.1) is 5.92 Å². The molecule has 3 N–H and O–H groups in total. The Balaban J connectivity index is 1.67. The largest absolute Gasteiger partial charge is 0.399 e. The fraction of sp³-hybridized carbons (Fsp3) is 0.625. The van der Waals surface area contributed by atoms with E-state index in [4.69, 9.17) is 5.73 Å². The molecule has 2 aliphatic rings. The van der Waals surface area contributed by atoms with E-state index in [1.165, 1.54) is 49.7 Å². The lowest BCUT2D eigenvalue weighted by Gasteiger charge is -2.22. The molecule has 2 heteroatoms. The first-order chi connectivity index (χ1) is 8.76. The maximum Gasteiger partial charge on any atom is 0.0328 e. The van der Waals surface area contributed by atoms with Gasteiger partial charge in [0.1, 0.15) is 0 Å². The van der Waals surface area contributed by atoms with Gasteiger partial charge in [0.2, 0.25) is 0 Å². The van der Waals surface area contributed by atoms with Crippen molar-refractivity contribution in [3.8, 4) is 0 Å². The van der Waals surface area contributed by atoms with Crippen molar-refractivity contribution in [2.75, 3.05) is 5.73 Å². The van der Waals surface area contributed by atoms with E-state index in [2.05, 4.69) is 24.4 Å². The van der Waals surface area contributed by atoms with Crippen molar-refractivity contribution in [3.05, 3.63) is 29.3 Å². The molecule has 1 fully saturated rings. The second kappa shape index (κ2) is 4.93. The summed E-state index contributed by atoms with van der Waals surface area (Å²) in [5.41, 5.74) is 9.70. The number of benzene rings is 1. The lowest BCUT2D eigenvalue weighted by Crippen LogP contribution is -2.31. The lowest BCUT2D eigenvalue weighted by atomic mass is 10.0. The molecular weight excluding hydrogens is 220 g/mol. The molecule has 1 saturated carbocycles. The molecule has 3 rings (SSSR count). The van der Waals surface area contributed by atoms with Crippen LogP contribution >= 0.6 is 0 Å². The van der Waals surface area contributed by atoms with Crippen LogP contribution in [0.1, 0.15) is 56.2 Å². The highest BCUT2D eigenvalue weighted by atomic mass is 15.0. The first-order valence-electron chi connectivity index (χ1n) is 7.40. The number of anilines is 1. The maximum absolute atomic E-state index is 5.86. The number of fused-ring (bicyclic) bond motifs is 1. The number of rotatable bonds is 5. The number of nitrogen functional groups attached to an aromatic ring is 1. The minimum absolute atomic E-state index is 0.560. The summed E-state index contributed by atoms with van der Waals surface area (Å²) in [6.07, 6.45) is 7.94. The number of hydrogen-bond donors (Lipinski definition) is 2. The Morgan fingerprint density at radius 3 is 2.89 bits per heavy atom. The molecule has 2 aliphatic carbocycles. The Bertz CT molecular complexity index is 423. The Labute approximate surface area is 110 Å². The van der Waals surface area contributed by atoms with E-state index in [-0.39, 0.29) is 0 Å². The second-order valence-corrected chi connectivity index (χ2v) is 6.00. The van der Waals surface area contributed by atoms with E-state index >= 15 is 0 Å². The Morgan fingerprint density at radius 2 is 2.17 bits per heavy atom. The highest BCUT2D eigenvalue weighted by molar-refractivity contribution is 5.47. The average molecular weight is 244 g/mol. The fourth-order valence-electron chi connectivity index (χ4n) is 3.20. The zero-order valence-corrected chi connectivity index (χ0v) is 11.3. The summed E-state index contributed by atoms with van der Waals surface area (Å²) in [5, 5.41) is 3.87. The Morgan fingerprint density at radius 1 is 1.33 bits per heavy atom. The minimum atomic E-state index is 0.560. The van der Waals surface area contributed by atoms with Crippen LogP contribution in [0.25, 0.3) is 0 Å². The number of nitrogens with one attached hydrogen (secondary N) is 1. The molecule has 0 bridgehead atoms. The molecule has 2 nitrogen and oxygen atoms in total. The number of hydrogen-bond acceptors (Lipinski definition) is 2. The predicted octanol–water partition coefficient (Wildman–Crippen LogP) is 3.42. The summed E-state index contributed by atoms with van der Waals surface area (Å²) < 4.78 is 0. The van der Waals surface area contributed by atoms with E-state index < -0.39 is 0 Å². The smallest absolute Gasteiger partial charge is 0.0328 e. The maximum atomic E-state index is 5.86. The van der Waals surface area contributed by atoms with E-state index in [0.717, 1.165) is 11.6 Å². The SMILES string of the molecule is CCC(CC1CC1)NC1CCc2cc(N)ccc21. The third-order valence-corrected chi connectivity index (χ3v) is 4.49. The Hall–Kier alpha value is -1.02. The van der Waals surface area contributed by atoms with Crippen LogP contribution in [0.15, 0.2) is 18.2 Å². The minimum Gasteiger partial charge on any atom is -0.399 e. The van der Waals surface area contributed by atoms with Gasteiger partial charge in [0, 0.05) is 17.8 Å². The quantitative estimate of drug-likeness (QED) is 0.779. The van der Waals surface area contributed by atoms with Crippen LogP contribution in [-0.2, 0) is 6.42 Å². The third kappa shape index (κ3) is 2.54. The Kier molecular flexibility index (Phi) is 3.29. The van der Waals surface area contributed by atoms with Gasteiger partial charge >= 0.3 is 0 Å². The monoisotopic (exact) mass is 244 g/mol. The van der Waals surface area contributed by atoms with Gasteiger partial charge in [0.15, 0.2) is 0 Å². The van der Waals surface area contributed by atoms with Crippen LogP contribution in [-0.4, -0.2) is 6.04 Å². The van der Waals surface area contributed by atoms with E-state index in [1.54, 1.807) is 0 Å². The molecule has 18 heavy (non-hydrogen) atoms. The van der Waals surface area contributed by atoms with Crippen LogP contribution in [0.5, 0.6) is 0 Å². The van der Waals surface area contributed by atoms with Gasteiger partial charge in [-0.3, -0.25) is 0 Å². The van der Waals surface area contributed by atoms with Crippen molar-refractivity contribution in [2.24, 2.45) is 5.92 Å². The van der Waals surface area contributed by atoms with Crippen LogP contribution in [0.2, 0.25) is 0 Å². The normalized spacial score (nSPS) is 23.9. The topological polar surface area (TPSA) is 38.0 Å². The molecule has 0 aromatic heterocycles. The van der Waals surface area contributed by atoms with Crippen molar-refractivity contribution < 1.29 is 0 Å². The van der Waals surface area contributed by atoms with E-state index in [1.807, 2.05) is 6.07 Å². The molecular formula is C16H24N2. The standard InChI is InChI=1S/C16H24N2/c1-2-14(9-11-3-4-11)18-16-8-5-12-10-13(17)6-7-15(12)16/h6-7,10-11,14,16,18H,2-5,8-9,17H2,1H3. The lowest BCUT2D eigenvalue weighted by molar-refractivity contribution is 0.388. The summed E-state index contributed by atoms with van der Waals surface area (Å²) in [7, 11) is 0. The zero-order chi connectivity index (χ0) is 12.5. The molecule has 0 saturated heterocycles. The molecule has 2 unspecified atom stereocenters. The molecule has 2 atom stereocenters. The average Bonchev–Trinajstić information content (AvgIpc) is 3.10. The summed E-state index contributed by atoms with van der Waals surface area (Å²) >= 11 is 0. The van der Waals surface area contributed by atoms with Crippen LogP contribution in [0.3, 0.4) is 0 Å². The molecule has 0 amide bonds. The van der Waals surface area contributed by atoms with Gasteiger partial charge in [-0.1, -0.05) is 25.8 Å². The molecule has 0 heterocycles. The van der Waals surface area contributed by atoms with Crippen LogP contribution in [0.4, 0.5) is 5.69 Å². The third-order valence-electron chi connectivity index (χ3n) is 4.49. The van der Waals surface area contributed by atoms with Crippen molar-refractivity contribution >= 4 is 5.69 Å². The van der Waals surface area contributed by atoms with Gasteiger partial charge in [-0.25, -0.2) is 0 Å². The van der Waals surface area contributed by atoms with Gasteiger partial charge in [0.25, 0.3) is 0 Å². The van der Waals surface area contributed by atoms with Gasteiger partial charge in [0.05, 0.1) is 0 Å². The van der Waals surface area contributed by atoms with Crippen molar-refractivity contribution in [1.82, 2.24) is 5.32 Å². The van der Waals surface area contributed by atoms with Crippen molar-refractivity contribution in [2.45, 2.75) is 57.5 Å². The van der Waals surface area contributed by atoms with Crippen molar-refractivity contribution in [3.63, 3.8) is 0 Å². The van der Waals surface area contributed by atoms with Crippen molar-refractivity contribution in [1.29, 1.82) is 0 Å². The summed E-state index contributed by atoms with van der Waals surface area (Å²) in [5.74, 6) is 1.01. The highest BCUT2D eigenvalue weighted by Crippen LogP contribution is 2.37. The van der Waals surface area contributed by atoms with Gasteiger partial charge < -0.3 is 11.1 Å². The summed E-state index contributed by atoms with van der Waals surface area (Å²) in [6.45, 7) is 2.30. The first kappa shape index (κ1) is 12.0. The van der Waals surface area contributed by atoms with E-state index in [9.17, 15) is 0 Å². The summed E-state index contributed by atoms with van der Waals surface area (Å²) in [4.78, 5) is 0. The predicted molar refractivity (Wildman–Crippen MR) is 76.5 cm³/mol. The molecule has 0 aliphatic heterocycles. The van der Waals surface area contributed by atoms with E-state index in [0.29, 0.717) is 12.1 Å². The molecule has 1 aromatic rings. The van der Waals surface area contributed by atoms with Crippen LogP contribution < -0.4 is 11.1 Å². The molecule has 1 aromatic carbocycles. The number of nitrogens with two attached hydrogens (primary N) is 1. The molecule has 0 radical (unpaired) electrons. The number of aryl methyl sites for hydroxylation is 1. The second-order valence-electron chi connectivity index (χ2n) is 6.00. The molecule has 0 spiro atoms. The summed E-state index contributed by atoms with van der Waals surface area (Å²) in [6, 6.07) is 7.67. The van der Waals surface area contributed by atoms with Gasteiger partial charge in [-0.2, -0.15) is 0 Å². The zero-order valence-electron chi connectivity index (χ0n) is 11.3. The van der Waals surface area contributed by atoms with Gasteiger partial charge in [-0.05, 0) is 54.9 Å². The van der Waals surface area contributed by atoms with Gasteiger partial charge in [-0.15, -0.1) is 0 Å².